The van der Waals surface area contributed by atoms with Crippen LogP contribution in [0.1, 0.15) is 19.8 Å². The highest BCUT2D eigenvalue weighted by Crippen LogP contribution is 1.96. The molecule has 0 aliphatic rings. The van der Waals surface area contributed by atoms with Gasteiger partial charge < -0.3 is 10.2 Å². The zero-order valence-electron chi connectivity index (χ0n) is 5.50. The molecule has 0 aromatic rings. The van der Waals surface area contributed by atoms with Gasteiger partial charge in [0.1, 0.15) is 5.78 Å². The van der Waals surface area contributed by atoms with Crippen molar-refractivity contribution in [2.75, 3.05) is 6.61 Å². The molecule has 9 heavy (non-hydrogen) atoms. The molecule has 54 valence electrons. The highest BCUT2D eigenvalue weighted by Gasteiger charge is 2.04. The molecule has 3 heteroatoms. The molecule has 0 unspecified atom stereocenters. The molecule has 2 N–H and O–H groups in total. The number of hydrogen-bond acceptors (Lipinski definition) is 3. The molecule has 0 fully saturated rings. The molecule has 0 aromatic heterocycles. The summed E-state index contributed by atoms with van der Waals surface area (Å²) in [4.78, 5) is 10.3. The number of ketones is 1. The first-order chi connectivity index (χ1) is 4.16. The van der Waals surface area contributed by atoms with Crippen molar-refractivity contribution in [3.05, 3.63) is 0 Å². The van der Waals surface area contributed by atoms with Gasteiger partial charge in [0.05, 0.1) is 6.10 Å². The summed E-state index contributed by atoms with van der Waals surface area (Å²) in [7, 11) is 0. The Labute approximate surface area is 54.3 Å². The summed E-state index contributed by atoms with van der Waals surface area (Å²) in [6.45, 7) is 1.36. The van der Waals surface area contributed by atoms with Crippen molar-refractivity contribution in [2.24, 2.45) is 0 Å². The van der Waals surface area contributed by atoms with Crippen molar-refractivity contribution in [3.63, 3.8) is 0 Å². The first kappa shape index (κ1) is 8.59. The summed E-state index contributed by atoms with van der Waals surface area (Å²) in [6, 6.07) is 0. The Balaban J connectivity index is 3.26. The lowest BCUT2D eigenvalue weighted by molar-refractivity contribution is -0.118. The van der Waals surface area contributed by atoms with Crippen LogP contribution in [0, 0.1) is 0 Å². The molecule has 0 bridgehead atoms. The van der Waals surface area contributed by atoms with Crippen LogP contribution in [0.2, 0.25) is 0 Å². The Bertz CT molecular complexity index is 90.3. The highest BCUT2D eigenvalue weighted by atomic mass is 16.3. The average molecular weight is 132 g/mol. The molecule has 1 atom stereocenters. The quantitative estimate of drug-likeness (QED) is 0.552. The maximum absolute atomic E-state index is 10.3. The van der Waals surface area contributed by atoms with Gasteiger partial charge in [0, 0.05) is 13.0 Å². The van der Waals surface area contributed by atoms with Crippen molar-refractivity contribution in [3.8, 4) is 0 Å². The molecule has 3 nitrogen and oxygen atoms in total. The van der Waals surface area contributed by atoms with E-state index < -0.39 is 6.10 Å². The predicted octanol–water partition coefficient (Wildman–Crippen LogP) is -0.291. The maximum atomic E-state index is 10.3. The standard InChI is InChI=1S/C6H12O3/c1-5(8)4-6(9)2-3-7/h6-7,9H,2-4H2,1H3/t6-/m1/s1. The lowest BCUT2D eigenvalue weighted by atomic mass is 10.1. The fourth-order valence-corrected chi connectivity index (χ4v) is 0.583. The van der Waals surface area contributed by atoms with Crippen molar-refractivity contribution in [1.82, 2.24) is 0 Å². The predicted molar refractivity (Wildman–Crippen MR) is 33.0 cm³/mol. The fraction of sp³-hybridized carbons (Fsp3) is 0.833. The van der Waals surface area contributed by atoms with E-state index in [1.807, 2.05) is 0 Å². The summed E-state index contributed by atoms with van der Waals surface area (Å²) in [5, 5.41) is 17.1. The monoisotopic (exact) mass is 132 g/mol. The fourth-order valence-electron chi connectivity index (χ4n) is 0.583. The van der Waals surface area contributed by atoms with Gasteiger partial charge in [-0.1, -0.05) is 0 Å². The molecule has 0 rings (SSSR count). The van der Waals surface area contributed by atoms with E-state index in [2.05, 4.69) is 0 Å². The lowest BCUT2D eigenvalue weighted by Crippen LogP contribution is -2.12. The van der Waals surface area contributed by atoms with Gasteiger partial charge in [-0.25, -0.2) is 0 Å². The van der Waals surface area contributed by atoms with E-state index in [0.717, 1.165) is 0 Å². The molecule has 0 radical (unpaired) electrons. The van der Waals surface area contributed by atoms with Crippen molar-refractivity contribution in [2.45, 2.75) is 25.9 Å². The molecule has 0 aromatic carbocycles. The molecule has 0 aliphatic heterocycles. The van der Waals surface area contributed by atoms with E-state index in [-0.39, 0.29) is 18.8 Å². The molecule has 0 amide bonds. The van der Waals surface area contributed by atoms with Crippen LogP contribution in [0.15, 0.2) is 0 Å². The van der Waals surface area contributed by atoms with Gasteiger partial charge in [-0.15, -0.1) is 0 Å². The first-order valence-corrected chi connectivity index (χ1v) is 2.95. The summed E-state index contributed by atoms with van der Waals surface area (Å²) in [6.07, 6.45) is -0.215. The Kier molecular flexibility index (Phi) is 4.26. The number of carbonyl (C=O) groups is 1. The largest absolute Gasteiger partial charge is 0.396 e. The van der Waals surface area contributed by atoms with E-state index >= 15 is 0 Å². The molecular weight excluding hydrogens is 120 g/mol. The molecule has 0 spiro atoms. The molecular formula is C6H12O3. The van der Waals surface area contributed by atoms with E-state index in [0.29, 0.717) is 6.42 Å². The van der Waals surface area contributed by atoms with Crippen molar-refractivity contribution in [1.29, 1.82) is 0 Å². The van der Waals surface area contributed by atoms with E-state index in [9.17, 15) is 4.79 Å². The summed E-state index contributed by atoms with van der Waals surface area (Å²) in [5.41, 5.74) is 0. The highest BCUT2D eigenvalue weighted by molar-refractivity contribution is 5.75. The van der Waals surface area contributed by atoms with Crippen LogP contribution in [0.5, 0.6) is 0 Å². The Hall–Kier alpha value is -0.410. The summed E-state index contributed by atoms with van der Waals surface area (Å²) >= 11 is 0. The number of rotatable bonds is 4. The third-order valence-electron chi connectivity index (χ3n) is 0.985. The van der Waals surface area contributed by atoms with E-state index in [1.54, 1.807) is 0 Å². The second-order valence-corrected chi connectivity index (χ2v) is 2.07. The number of aliphatic hydroxyl groups is 2. The molecule has 0 saturated carbocycles. The molecule has 0 heterocycles. The lowest BCUT2D eigenvalue weighted by Gasteiger charge is -2.03. The third-order valence-corrected chi connectivity index (χ3v) is 0.985. The van der Waals surface area contributed by atoms with Crippen LogP contribution in [-0.2, 0) is 4.79 Å². The SMILES string of the molecule is CC(=O)C[C@H](O)CCO. The van der Waals surface area contributed by atoms with E-state index in [4.69, 9.17) is 10.2 Å². The van der Waals surface area contributed by atoms with Gasteiger partial charge in [0.25, 0.3) is 0 Å². The molecule has 0 aliphatic carbocycles. The normalized spacial score (nSPS) is 13.2. The van der Waals surface area contributed by atoms with Crippen LogP contribution in [0.4, 0.5) is 0 Å². The Morgan fingerprint density at radius 2 is 2.22 bits per heavy atom. The van der Waals surface area contributed by atoms with Gasteiger partial charge in [-0.2, -0.15) is 0 Å². The second kappa shape index (κ2) is 4.47. The van der Waals surface area contributed by atoms with Crippen LogP contribution < -0.4 is 0 Å². The van der Waals surface area contributed by atoms with Gasteiger partial charge >= 0.3 is 0 Å². The van der Waals surface area contributed by atoms with E-state index in [1.165, 1.54) is 6.92 Å². The summed E-state index contributed by atoms with van der Waals surface area (Å²) in [5.74, 6) is -0.0454. The zero-order chi connectivity index (χ0) is 7.28. The topological polar surface area (TPSA) is 57.5 Å². The van der Waals surface area contributed by atoms with Crippen LogP contribution in [0.25, 0.3) is 0 Å². The van der Waals surface area contributed by atoms with Gasteiger partial charge in [0.15, 0.2) is 0 Å². The number of aliphatic hydroxyl groups excluding tert-OH is 2. The average Bonchev–Trinajstić information content (AvgIpc) is 1.63. The van der Waals surface area contributed by atoms with Crippen molar-refractivity contribution < 1.29 is 15.0 Å². The molecule has 0 saturated heterocycles. The van der Waals surface area contributed by atoms with Gasteiger partial charge in [-0.05, 0) is 13.3 Å². The van der Waals surface area contributed by atoms with Crippen molar-refractivity contribution >= 4 is 5.78 Å². The third kappa shape index (κ3) is 5.46. The minimum atomic E-state index is -0.660. The Morgan fingerprint density at radius 3 is 2.56 bits per heavy atom. The minimum absolute atomic E-state index is 0.0454. The maximum Gasteiger partial charge on any atom is 0.132 e. The van der Waals surface area contributed by atoms with Gasteiger partial charge in [0.2, 0.25) is 0 Å². The summed E-state index contributed by atoms with van der Waals surface area (Å²) < 4.78 is 0. The second-order valence-electron chi connectivity index (χ2n) is 2.07. The number of carbonyl (C=O) groups excluding carboxylic acids is 1. The van der Waals surface area contributed by atoms with Crippen LogP contribution >= 0.6 is 0 Å². The van der Waals surface area contributed by atoms with Crippen LogP contribution in [0.3, 0.4) is 0 Å². The smallest absolute Gasteiger partial charge is 0.132 e. The Morgan fingerprint density at radius 1 is 1.67 bits per heavy atom. The number of Topliss-reactive ketones (excluding diaryl/α,β-unsaturated/α-hetero) is 1. The minimum Gasteiger partial charge on any atom is -0.396 e. The zero-order valence-corrected chi connectivity index (χ0v) is 5.50. The van der Waals surface area contributed by atoms with Crippen LogP contribution in [-0.4, -0.2) is 28.7 Å². The first-order valence-electron chi connectivity index (χ1n) is 2.95. The van der Waals surface area contributed by atoms with Gasteiger partial charge in [-0.3, -0.25) is 4.79 Å². The number of hydrogen-bond donors (Lipinski definition) is 2.